The van der Waals surface area contributed by atoms with Crippen LogP contribution >= 0.6 is 0 Å². The molecular weight excluding hydrogens is 368 g/mol. The molecule has 7 heteroatoms. The number of hydrogen-bond acceptors (Lipinski definition) is 4. The minimum Gasteiger partial charge on any atom is -0.383 e. The molecule has 0 radical (unpaired) electrons. The summed E-state index contributed by atoms with van der Waals surface area (Å²) in [5.74, 6) is -0.263. The third kappa shape index (κ3) is 3.52. The van der Waals surface area contributed by atoms with Crippen LogP contribution in [-0.4, -0.2) is 40.1 Å². The lowest BCUT2D eigenvalue weighted by Crippen LogP contribution is -2.29. The monoisotopic (exact) mass is 390 g/mol. The topological polar surface area (TPSA) is 77.6 Å². The average molecular weight is 390 g/mol. The van der Waals surface area contributed by atoms with Crippen LogP contribution in [0.5, 0.6) is 0 Å². The number of methoxy groups -OCH3 is 1. The molecule has 148 valence electrons. The number of benzene rings is 1. The number of rotatable bonds is 6. The molecule has 0 unspecified atom stereocenters. The normalized spacial score (nSPS) is 11.2. The first kappa shape index (κ1) is 18.9. The van der Waals surface area contributed by atoms with Crippen LogP contribution in [0.3, 0.4) is 0 Å². The summed E-state index contributed by atoms with van der Waals surface area (Å²) in [6, 6.07) is 15.2. The average Bonchev–Trinajstić information content (AvgIpc) is 3.09. The number of pyridine rings is 1. The van der Waals surface area contributed by atoms with Gasteiger partial charge in [-0.2, -0.15) is 0 Å². The van der Waals surface area contributed by atoms with Crippen LogP contribution in [0.2, 0.25) is 0 Å². The first-order chi connectivity index (χ1) is 14.1. The van der Waals surface area contributed by atoms with Gasteiger partial charge in [-0.1, -0.05) is 36.4 Å². The van der Waals surface area contributed by atoms with Gasteiger partial charge in [-0.3, -0.25) is 14.0 Å². The third-order valence-electron chi connectivity index (χ3n) is 4.90. The number of hydrogen-bond donors (Lipinski definition) is 1. The molecule has 0 aliphatic carbocycles. The van der Waals surface area contributed by atoms with Crippen LogP contribution in [0.25, 0.3) is 16.7 Å². The highest BCUT2D eigenvalue weighted by atomic mass is 16.5. The number of aryl methyl sites for hydroxylation is 1. The first-order valence-electron chi connectivity index (χ1n) is 9.42. The third-order valence-corrected chi connectivity index (χ3v) is 4.90. The van der Waals surface area contributed by atoms with Crippen LogP contribution in [-0.2, 0) is 11.3 Å². The molecule has 0 aliphatic rings. The summed E-state index contributed by atoms with van der Waals surface area (Å²) in [4.78, 5) is 30.7. The van der Waals surface area contributed by atoms with E-state index in [0.29, 0.717) is 42.1 Å². The second-order valence-corrected chi connectivity index (χ2v) is 6.89. The highest BCUT2D eigenvalue weighted by molar-refractivity contribution is 5.98. The quantitative estimate of drug-likeness (QED) is 0.513. The molecule has 0 atom stereocenters. The number of nitrogens with one attached hydrogen (secondary N) is 1. The maximum Gasteiger partial charge on any atom is 0.268 e. The van der Waals surface area contributed by atoms with Crippen molar-refractivity contribution in [3.8, 4) is 0 Å². The largest absolute Gasteiger partial charge is 0.383 e. The van der Waals surface area contributed by atoms with E-state index >= 15 is 0 Å². The van der Waals surface area contributed by atoms with E-state index in [-0.39, 0.29) is 11.5 Å². The lowest BCUT2D eigenvalue weighted by atomic mass is 10.2. The Bertz CT molecular complexity index is 1240. The van der Waals surface area contributed by atoms with Crippen molar-refractivity contribution in [1.82, 2.24) is 19.3 Å². The van der Waals surface area contributed by atoms with Gasteiger partial charge in [-0.05, 0) is 30.2 Å². The van der Waals surface area contributed by atoms with Crippen LogP contribution in [0.1, 0.15) is 21.6 Å². The van der Waals surface area contributed by atoms with Gasteiger partial charge in [0.1, 0.15) is 17.0 Å². The maximum absolute atomic E-state index is 13.1. The Morgan fingerprint density at radius 1 is 1.14 bits per heavy atom. The summed E-state index contributed by atoms with van der Waals surface area (Å²) in [7, 11) is 1.58. The van der Waals surface area contributed by atoms with Crippen molar-refractivity contribution < 1.29 is 9.53 Å². The number of carbonyl (C=O) groups excluding carboxylic acids is 1. The van der Waals surface area contributed by atoms with Gasteiger partial charge >= 0.3 is 0 Å². The van der Waals surface area contributed by atoms with Gasteiger partial charge in [0, 0.05) is 26.4 Å². The molecule has 0 spiro atoms. The van der Waals surface area contributed by atoms with Gasteiger partial charge in [0.15, 0.2) is 0 Å². The van der Waals surface area contributed by atoms with E-state index in [1.165, 1.54) is 4.40 Å². The van der Waals surface area contributed by atoms with E-state index < -0.39 is 0 Å². The summed E-state index contributed by atoms with van der Waals surface area (Å²) in [6.07, 6.45) is 1.70. The number of amides is 1. The molecule has 0 saturated heterocycles. The molecule has 0 bridgehead atoms. The fourth-order valence-corrected chi connectivity index (χ4v) is 3.43. The summed E-state index contributed by atoms with van der Waals surface area (Å²) < 4.78 is 8.34. The van der Waals surface area contributed by atoms with Gasteiger partial charge in [0.05, 0.1) is 12.0 Å². The SMILES string of the molecule is COCCNC(=O)c1cc2c(=O)n3cccc(C)c3nc2n1Cc1ccccc1. The standard InChI is InChI=1S/C22H22N4O3/c1-15-7-6-11-25-19(15)24-20-17(22(25)28)13-18(21(27)23-10-12-29-2)26(20)14-16-8-4-3-5-9-16/h3-9,11,13H,10,12,14H2,1-2H3,(H,23,27). The predicted molar refractivity (Wildman–Crippen MR) is 111 cm³/mol. The summed E-state index contributed by atoms with van der Waals surface area (Å²) >= 11 is 0. The van der Waals surface area contributed by atoms with Crippen molar-refractivity contribution in [2.24, 2.45) is 0 Å². The molecule has 4 rings (SSSR count). The Morgan fingerprint density at radius 3 is 2.69 bits per heavy atom. The lowest BCUT2D eigenvalue weighted by molar-refractivity contribution is 0.0928. The second kappa shape index (κ2) is 7.89. The van der Waals surface area contributed by atoms with E-state index in [0.717, 1.165) is 11.1 Å². The highest BCUT2D eigenvalue weighted by Crippen LogP contribution is 2.19. The zero-order valence-electron chi connectivity index (χ0n) is 16.4. The van der Waals surface area contributed by atoms with E-state index in [1.807, 2.05) is 49.4 Å². The van der Waals surface area contributed by atoms with Crippen molar-refractivity contribution in [3.63, 3.8) is 0 Å². The van der Waals surface area contributed by atoms with Crippen LogP contribution < -0.4 is 10.9 Å². The number of fused-ring (bicyclic) bond motifs is 2. The fraction of sp³-hybridized carbons (Fsp3) is 0.227. The van der Waals surface area contributed by atoms with Crippen molar-refractivity contribution >= 4 is 22.6 Å². The number of carbonyl (C=O) groups is 1. The molecule has 0 saturated carbocycles. The Morgan fingerprint density at radius 2 is 1.93 bits per heavy atom. The van der Waals surface area contributed by atoms with Crippen molar-refractivity contribution in [2.45, 2.75) is 13.5 Å². The van der Waals surface area contributed by atoms with Crippen molar-refractivity contribution in [3.05, 3.63) is 81.9 Å². The second-order valence-electron chi connectivity index (χ2n) is 6.89. The Kier molecular flexibility index (Phi) is 5.14. The van der Waals surface area contributed by atoms with Gasteiger partial charge in [-0.25, -0.2) is 4.98 Å². The predicted octanol–water partition coefficient (Wildman–Crippen LogP) is 2.38. The molecule has 4 aromatic rings. The smallest absolute Gasteiger partial charge is 0.268 e. The lowest BCUT2D eigenvalue weighted by Gasteiger charge is -2.11. The molecule has 3 heterocycles. The maximum atomic E-state index is 13.1. The Balaban J connectivity index is 1.92. The number of aromatic nitrogens is 3. The Labute approximate surface area is 167 Å². The van der Waals surface area contributed by atoms with Crippen molar-refractivity contribution in [2.75, 3.05) is 20.3 Å². The molecule has 0 fully saturated rings. The van der Waals surface area contributed by atoms with E-state index in [9.17, 15) is 9.59 Å². The minimum absolute atomic E-state index is 0.188. The molecule has 29 heavy (non-hydrogen) atoms. The molecule has 7 nitrogen and oxygen atoms in total. The first-order valence-corrected chi connectivity index (χ1v) is 9.42. The summed E-state index contributed by atoms with van der Waals surface area (Å²) in [6.45, 7) is 3.15. The molecule has 3 aromatic heterocycles. The van der Waals surface area contributed by atoms with Gasteiger partial charge in [-0.15, -0.1) is 0 Å². The zero-order valence-corrected chi connectivity index (χ0v) is 16.4. The molecular formula is C22H22N4O3. The number of nitrogens with zero attached hydrogens (tertiary/aromatic N) is 3. The number of ether oxygens (including phenoxy) is 1. The summed E-state index contributed by atoms with van der Waals surface area (Å²) in [5, 5.41) is 3.26. The highest BCUT2D eigenvalue weighted by Gasteiger charge is 2.20. The van der Waals surface area contributed by atoms with E-state index in [1.54, 1.807) is 23.9 Å². The van der Waals surface area contributed by atoms with E-state index in [2.05, 4.69) is 5.32 Å². The fourth-order valence-electron chi connectivity index (χ4n) is 3.43. The molecule has 0 aliphatic heterocycles. The van der Waals surface area contributed by atoms with Gasteiger partial charge in [0.2, 0.25) is 0 Å². The van der Waals surface area contributed by atoms with Crippen LogP contribution in [0.4, 0.5) is 0 Å². The van der Waals surface area contributed by atoms with Crippen molar-refractivity contribution in [1.29, 1.82) is 0 Å². The minimum atomic E-state index is -0.263. The van der Waals surface area contributed by atoms with Gasteiger partial charge in [0.25, 0.3) is 11.5 Å². The molecule has 1 amide bonds. The van der Waals surface area contributed by atoms with E-state index in [4.69, 9.17) is 9.72 Å². The molecule has 1 N–H and O–H groups in total. The molecule has 1 aromatic carbocycles. The van der Waals surface area contributed by atoms with Gasteiger partial charge < -0.3 is 14.6 Å². The van der Waals surface area contributed by atoms with Crippen LogP contribution in [0.15, 0.2) is 59.5 Å². The Hall–Kier alpha value is -3.45. The summed E-state index contributed by atoms with van der Waals surface area (Å²) in [5.41, 5.74) is 3.21. The zero-order chi connectivity index (χ0) is 20.4. The van der Waals surface area contributed by atoms with Crippen LogP contribution in [0, 0.1) is 6.92 Å².